The maximum absolute atomic E-state index is 12.7. The molecule has 2 aromatic carbocycles. The first-order chi connectivity index (χ1) is 11.2. The summed E-state index contributed by atoms with van der Waals surface area (Å²) >= 11 is 0. The molecule has 0 aliphatic heterocycles. The lowest BCUT2D eigenvalue weighted by atomic mass is 10.2. The number of benzene rings is 2. The maximum atomic E-state index is 12.7. The Labute approximate surface area is 141 Å². The number of rotatable bonds is 4. The minimum atomic E-state index is -3.73. The van der Waals surface area contributed by atoms with E-state index >= 15 is 0 Å². The van der Waals surface area contributed by atoms with Gasteiger partial charge in [-0.05, 0) is 30.3 Å². The van der Waals surface area contributed by atoms with Crippen molar-refractivity contribution in [2.75, 3.05) is 6.26 Å². The van der Waals surface area contributed by atoms with Crippen LogP contribution in [0.25, 0.3) is 0 Å². The van der Waals surface area contributed by atoms with E-state index in [4.69, 9.17) is 11.5 Å². The quantitative estimate of drug-likeness (QED) is 0.604. The number of carbonyl (C=O) groups excluding carboxylic acids is 1. The molecule has 0 spiro atoms. The Balaban J connectivity index is 2.60. The van der Waals surface area contributed by atoms with Gasteiger partial charge in [-0.2, -0.15) is 4.99 Å². The zero-order chi connectivity index (χ0) is 17.9. The molecule has 1 unspecified atom stereocenters. The van der Waals surface area contributed by atoms with Crippen LogP contribution < -0.4 is 11.5 Å². The monoisotopic (exact) mass is 365 g/mol. The van der Waals surface area contributed by atoms with Crippen molar-refractivity contribution in [3.63, 3.8) is 0 Å². The van der Waals surface area contributed by atoms with Gasteiger partial charge in [-0.15, -0.1) is 0 Å². The fourth-order valence-corrected chi connectivity index (χ4v) is 4.48. The van der Waals surface area contributed by atoms with Gasteiger partial charge in [-0.25, -0.2) is 12.6 Å². The molecule has 0 heterocycles. The van der Waals surface area contributed by atoms with Gasteiger partial charge in [0.05, 0.1) is 20.6 Å². The smallest absolute Gasteiger partial charge is 0.280 e. The molecule has 0 saturated heterocycles. The van der Waals surface area contributed by atoms with Crippen LogP contribution in [0.3, 0.4) is 0 Å². The SMILES string of the molecule is CS(=O)(=O)c1cc(C(=O)N=C(N)N)ccc1S(=O)c1ccccc1. The average molecular weight is 365 g/mol. The Hall–Kier alpha value is -2.52. The van der Waals surface area contributed by atoms with Crippen molar-refractivity contribution < 1.29 is 17.4 Å². The predicted octanol–water partition coefficient (Wildman–Crippen LogP) is 0.670. The lowest BCUT2D eigenvalue weighted by Gasteiger charge is -2.09. The number of guanidine groups is 1. The van der Waals surface area contributed by atoms with E-state index in [-0.39, 0.29) is 15.4 Å². The minimum absolute atomic E-state index is 0.0161. The van der Waals surface area contributed by atoms with E-state index in [2.05, 4.69) is 4.99 Å². The highest BCUT2D eigenvalue weighted by Gasteiger charge is 2.21. The van der Waals surface area contributed by atoms with Crippen LogP contribution in [0, 0.1) is 0 Å². The minimum Gasteiger partial charge on any atom is -0.370 e. The number of hydrogen-bond donors (Lipinski definition) is 2. The molecule has 0 aliphatic rings. The fraction of sp³-hybridized carbons (Fsp3) is 0.0667. The first-order valence-electron chi connectivity index (χ1n) is 6.65. The molecule has 126 valence electrons. The second kappa shape index (κ2) is 6.93. The summed E-state index contributed by atoms with van der Waals surface area (Å²) in [5.41, 5.74) is 10.3. The summed E-state index contributed by atoms with van der Waals surface area (Å²) in [7, 11) is -5.44. The van der Waals surface area contributed by atoms with Crippen molar-refractivity contribution in [3.05, 3.63) is 54.1 Å². The van der Waals surface area contributed by atoms with Gasteiger partial charge in [0, 0.05) is 16.7 Å². The summed E-state index contributed by atoms with van der Waals surface area (Å²) in [6.07, 6.45) is 0.975. The number of sulfone groups is 1. The number of hydrogen-bond acceptors (Lipinski definition) is 4. The van der Waals surface area contributed by atoms with E-state index in [0.29, 0.717) is 4.90 Å². The number of aliphatic imine (C=N–C) groups is 1. The van der Waals surface area contributed by atoms with E-state index in [1.165, 1.54) is 12.1 Å². The molecule has 0 fully saturated rings. The van der Waals surface area contributed by atoms with Gasteiger partial charge in [-0.3, -0.25) is 4.79 Å². The van der Waals surface area contributed by atoms with E-state index in [1.807, 2.05) is 0 Å². The van der Waals surface area contributed by atoms with Crippen LogP contribution in [0.1, 0.15) is 10.4 Å². The van der Waals surface area contributed by atoms with Crippen LogP contribution >= 0.6 is 0 Å². The second-order valence-corrected chi connectivity index (χ2v) is 8.29. The fourth-order valence-electron chi connectivity index (χ4n) is 1.94. The van der Waals surface area contributed by atoms with Gasteiger partial charge >= 0.3 is 0 Å². The molecule has 7 nitrogen and oxygen atoms in total. The zero-order valence-electron chi connectivity index (χ0n) is 12.7. The van der Waals surface area contributed by atoms with Gasteiger partial charge in [0.2, 0.25) is 0 Å². The third kappa shape index (κ3) is 4.06. The first-order valence-corrected chi connectivity index (χ1v) is 9.69. The Bertz CT molecular complexity index is 934. The van der Waals surface area contributed by atoms with Crippen molar-refractivity contribution >= 4 is 32.5 Å². The van der Waals surface area contributed by atoms with Crippen molar-refractivity contribution in [1.82, 2.24) is 0 Å². The third-order valence-electron chi connectivity index (χ3n) is 2.98. The molecule has 2 rings (SSSR count). The Kier molecular flexibility index (Phi) is 5.15. The summed E-state index contributed by atoms with van der Waals surface area (Å²) in [6.45, 7) is 0. The molecule has 0 saturated carbocycles. The van der Waals surface area contributed by atoms with Crippen LogP contribution in [0.4, 0.5) is 0 Å². The number of amides is 1. The molecule has 0 radical (unpaired) electrons. The molecule has 1 atom stereocenters. The lowest BCUT2D eigenvalue weighted by molar-refractivity contribution is 0.100. The van der Waals surface area contributed by atoms with Crippen molar-refractivity contribution in [1.29, 1.82) is 0 Å². The van der Waals surface area contributed by atoms with Crippen molar-refractivity contribution in [2.24, 2.45) is 16.5 Å². The molecule has 0 aliphatic carbocycles. The molecular weight excluding hydrogens is 350 g/mol. The third-order valence-corrected chi connectivity index (χ3v) is 5.70. The van der Waals surface area contributed by atoms with Gasteiger partial charge < -0.3 is 11.5 Å². The lowest BCUT2D eigenvalue weighted by Crippen LogP contribution is -2.24. The van der Waals surface area contributed by atoms with Gasteiger partial charge in [0.25, 0.3) is 5.91 Å². The Morgan fingerprint density at radius 2 is 1.71 bits per heavy atom. The molecule has 4 N–H and O–H groups in total. The van der Waals surface area contributed by atoms with Crippen molar-refractivity contribution in [3.8, 4) is 0 Å². The van der Waals surface area contributed by atoms with Gasteiger partial charge in [0.15, 0.2) is 15.8 Å². The largest absolute Gasteiger partial charge is 0.370 e. The zero-order valence-corrected chi connectivity index (χ0v) is 14.3. The molecule has 0 aromatic heterocycles. The van der Waals surface area contributed by atoms with Crippen LogP contribution in [0.2, 0.25) is 0 Å². The second-order valence-electron chi connectivity index (χ2n) is 4.86. The molecule has 1 amide bonds. The predicted molar refractivity (Wildman–Crippen MR) is 90.8 cm³/mol. The summed E-state index contributed by atoms with van der Waals surface area (Å²) < 4.78 is 36.8. The first kappa shape index (κ1) is 17.8. The Morgan fingerprint density at radius 1 is 1.08 bits per heavy atom. The number of carbonyl (C=O) groups is 1. The van der Waals surface area contributed by atoms with Crippen LogP contribution in [0.5, 0.6) is 0 Å². The number of nitrogens with two attached hydrogens (primary N) is 2. The van der Waals surface area contributed by atoms with Gasteiger partial charge in [-0.1, -0.05) is 18.2 Å². The molecule has 0 bridgehead atoms. The Morgan fingerprint density at radius 3 is 2.25 bits per heavy atom. The highest BCUT2D eigenvalue weighted by atomic mass is 32.2. The summed E-state index contributed by atoms with van der Waals surface area (Å²) in [5.74, 6) is -1.21. The molecule has 24 heavy (non-hydrogen) atoms. The molecule has 2 aromatic rings. The van der Waals surface area contributed by atoms with E-state index < -0.39 is 32.5 Å². The summed E-state index contributed by atoms with van der Waals surface area (Å²) in [4.78, 5) is 15.6. The molecular formula is C15H15N3O4S2. The van der Waals surface area contributed by atoms with Crippen LogP contribution in [-0.4, -0.2) is 30.7 Å². The van der Waals surface area contributed by atoms with Crippen molar-refractivity contribution in [2.45, 2.75) is 14.7 Å². The summed E-state index contributed by atoms with van der Waals surface area (Å²) in [6, 6.07) is 12.2. The van der Waals surface area contributed by atoms with E-state index in [0.717, 1.165) is 12.3 Å². The van der Waals surface area contributed by atoms with Crippen LogP contribution in [0.15, 0.2) is 68.2 Å². The maximum Gasteiger partial charge on any atom is 0.280 e. The van der Waals surface area contributed by atoms with Crippen LogP contribution in [-0.2, 0) is 20.6 Å². The average Bonchev–Trinajstić information content (AvgIpc) is 2.53. The van der Waals surface area contributed by atoms with E-state index in [1.54, 1.807) is 30.3 Å². The van der Waals surface area contributed by atoms with Gasteiger partial charge in [0.1, 0.15) is 0 Å². The standard InChI is InChI=1S/C15H15N3O4S2/c1-24(21,22)13-9-10(14(19)18-15(16)17)7-8-12(13)23(20)11-5-3-2-4-6-11/h2-9H,1H3,(H4,16,17,18,19). The topological polar surface area (TPSA) is 133 Å². The summed E-state index contributed by atoms with van der Waals surface area (Å²) in [5, 5.41) is 0. The molecule has 9 heteroatoms. The van der Waals surface area contributed by atoms with E-state index in [9.17, 15) is 17.4 Å². The normalized spacial score (nSPS) is 12.4. The highest BCUT2D eigenvalue weighted by Crippen LogP contribution is 2.25. The highest BCUT2D eigenvalue weighted by molar-refractivity contribution is 7.92. The number of nitrogens with zero attached hydrogens (tertiary/aromatic N) is 1.